The quantitative estimate of drug-likeness (QED) is 0.796. The highest BCUT2D eigenvalue weighted by Crippen LogP contribution is 2.15. The third-order valence-corrected chi connectivity index (χ3v) is 4.19. The minimum Gasteiger partial charge on any atom is -0.307 e. The molecule has 5 nitrogen and oxygen atoms in total. The highest BCUT2D eigenvalue weighted by Gasteiger charge is 2.12. The number of carbonyl (C=O) groups is 2. The fraction of sp³-hybridized carbons (Fsp3) is 0.263. The van der Waals surface area contributed by atoms with Crippen molar-refractivity contribution in [3.8, 4) is 0 Å². The van der Waals surface area contributed by atoms with Gasteiger partial charge >= 0.3 is 6.03 Å². The SMILES string of the molecule is Cc1ccc(NC(=O)NC(=O)CN(C)Cc2ccc(Br)cc2)c(C)c1. The van der Waals surface area contributed by atoms with Gasteiger partial charge in [0.1, 0.15) is 0 Å². The first-order valence-electron chi connectivity index (χ1n) is 7.94. The highest BCUT2D eigenvalue weighted by atomic mass is 79.9. The number of anilines is 1. The number of amides is 3. The Morgan fingerprint density at radius 2 is 1.76 bits per heavy atom. The van der Waals surface area contributed by atoms with E-state index in [4.69, 9.17) is 0 Å². The van der Waals surface area contributed by atoms with Crippen LogP contribution in [0.5, 0.6) is 0 Å². The summed E-state index contributed by atoms with van der Waals surface area (Å²) < 4.78 is 1.01. The van der Waals surface area contributed by atoms with Crippen LogP contribution in [0.3, 0.4) is 0 Å². The van der Waals surface area contributed by atoms with E-state index >= 15 is 0 Å². The Kier molecular flexibility index (Phi) is 6.73. The number of nitrogens with one attached hydrogen (secondary N) is 2. The Bertz CT molecular complexity index is 760. The van der Waals surface area contributed by atoms with Gasteiger partial charge in [0.2, 0.25) is 5.91 Å². The summed E-state index contributed by atoms with van der Waals surface area (Å²) in [4.78, 5) is 25.8. The second-order valence-corrected chi connectivity index (χ2v) is 7.04. The van der Waals surface area contributed by atoms with Crippen LogP contribution < -0.4 is 10.6 Å². The summed E-state index contributed by atoms with van der Waals surface area (Å²) in [7, 11) is 1.84. The molecule has 0 aromatic heterocycles. The number of carbonyl (C=O) groups excluding carboxylic acids is 2. The van der Waals surface area contributed by atoms with Crippen LogP contribution in [0.15, 0.2) is 46.9 Å². The third-order valence-electron chi connectivity index (χ3n) is 3.66. The van der Waals surface area contributed by atoms with E-state index in [1.165, 1.54) is 0 Å². The maximum absolute atomic E-state index is 12.0. The number of benzene rings is 2. The van der Waals surface area contributed by atoms with Crippen LogP contribution in [-0.4, -0.2) is 30.4 Å². The summed E-state index contributed by atoms with van der Waals surface area (Å²) in [5.41, 5.74) is 3.86. The smallest absolute Gasteiger partial charge is 0.307 e. The van der Waals surface area contributed by atoms with Crippen molar-refractivity contribution in [2.24, 2.45) is 0 Å². The van der Waals surface area contributed by atoms with Gasteiger partial charge < -0.3 is 5.32 Å². The Morgan fingerprint density at radius 1 is 1.08 bits per heavy atom. The molecule has 0 spiro atoms. The van der Waals surface area contributed by atoms with Gasteiger partial charge in [-0.15, -0.1) is 0 Å². The summed E-state index contributed by atoms with van der Waals surface area (Å²) in [6.07, 6.45) is 0. The summed E-state index contributed by atoms with van der Waals surface area (Å²) in [5.74, 6) is -0.345. The van der Waals surface area contributed by atoms with Gasteiger partial charge in [0.25, 0.3) is 0 Å². The fourth-order valence-electron chi connectivity index (χ4n) is 2.48. The van der Waals surface area contributed by atoms with Crippen molar-refractivity contribution in [3.05, 3.63) is 63.6 Å². The third kappa shape index (κ3) is 6.32. The Labute approximate surface area is 156 Å². The first-order valence-corrected chi connectivity index (χ1v) is 8.74. The zero-order chi connectivity index (χ0) is 18.4. The van der Waals surface area contributed by atoms with Crippen molar-refractivity contribution < 1.29 is 9.59 Å². The minimum atomic E-state index is -0.519. The largest absolute Gasteiger partial charge is 0.325 e. The van der Waals surface area contributed by atoms with Crippen molar-refractivity contribution in [3.63, 3.8) is 0 Å². The molecule has 6 heteroatoms. The van der Waals surface area contributed by atoms with E-state index in [-0.39, 0.29) is 12.5 Å². The monoisotopic (exact) mass is 403 g/mol. The van der Waals surface area contributed by atoms with Gasteiger partial charge in [-0.2, -0.15) is 0 Å². The molecule has 0 unspecified atom stereocenters. The van der Waals surface area contributed by atoms with Gasteiger partial charge in [-0.3, -0.25) is 15.0 Å². The number of hydrogen-bond acceptors (Lipinski definition) is 3. The lowest BCUT2D eigenvalue weighted by Crippen LogP contribution is -2.40. The summed E-state index contributed by atoms with van der Waals surface area (Å²) >= 11 is 3.39. The lowest BCUT2D eigenvalue weighted by molar-refractivity contribution is -0.120. The second-order valence-electron chi connectivity index (χ2n) is 6.12. The normalized spacial score (nSPS) is 10.6. The number of rotatable bonds is 5. The molecule has 2 N–H and O–H groups in total. The molecule has 0 aliphatic rings. The molecule has 0 saturated heterocycles. The molecule has 2 aromatic carbocycles. The lowest BCUT2D eigenvalue weighted by atomic mass is 10.1. The van der Waals surface area contributed by atoms with Gasteiger partial charge in [-0.25, -0.2) is 4.79 Å². The van der Waals surface area contributed by atoms with E-state index in [9.17, 15) is 9.59 Å². The molecule has 0 bridgehead atoms. The minimum absolute atomic E-state index is 0.135. The molecular weight excluding hydrogens is 382 g/mol. The standard InChI is InChI=1S/C19H22BrN3O2/c1-13-4-9-17(14(2)10-13)21-19(25)22-18(24)12-23(3)11-15-5-7-16(20)8-6-15/h4-10H,11-12H2,1-3H3,(H2,21,22,24,25). The number of hydrogen-bond donors (Lipinski definition) is 2. The molecule has 0 aliphatic heterocycles. The van der Waals surface area contributed by atoms with Crippen molar-refractivity contribution in [2.75, 3.05) is 18.9 Å². The van der Waals surface area contributed by atoms with Gasteiger partial charge in [0, 0.05) is 16.7 Å². The molecule has 0 saturated carbocycles. The molecular formula is C19H22BrN3O2. The van der Waals surface area contributed by atoms with Crippen LogP contribution in [-0.2, 0) is 11.3 Å². The molecule has 2 aromatic rings. The summed E-state index contributed by atoms with van der Waals surface area (Å²) in [6.45, 7) is 4.66. The number of aryl methyl sites for hydroxylation is 2. The molecule has 3 amide bonds. The number of urea groups is 1. The van der Waals surface area contributed by atoms with E-state index in [1.807, 2.05) is 68.3 Å². The highest BCUT2D eigenvalue weighted by molar-refractivity contribution is 9.10. The van der Waals surface area contributed by atoms with Crippen LogP contribution in [0.2, 0.25) is 0 Å². The molecule has 2 rings (SSSR count). The lowest BCUT2D eigenvalue weighted by Gasteiger charge is -2.16. The van der Waals surface area contributed by atoms with Crippen molar-refractivity contribution >= 4 is 33.6 Å². The number of likely N-dealkylation sites (N-methyl/N-ethyl adjacent to an activating group) is 1. The maximum atomic E-state index is 12.0. The van der Waals surface area contributed by atoms with Crippen molar-refractivity contribution in [1.29, 1.82) is 0 Å². The first kappa shape index (κ1) is 19.1. The average Bonchev–Trinajstić information content (AvgIpc) is 2.52. The summed E-state index contributed by atoms with van der Waals surface area (Å²) in [5, 5.41) is 5.06. The Hall–Kier alpha value is -2.18. The van der Waals surface area contributed by atoms with E-state index in [2.05, 4.69) is 26.6 Å². The predicted octanol–water partition coefficient (Wildman–Crippen LogP) is 3.85. The van der Waals surface area contributed by atoms with Crippen LogP contribution in [0, 0.1) is 13.8 Å². The zero-order valence-electron chi connectivity index (χ0n) is 14.6. The van der Waals surface area contributed by atoms with E-state index < -0.39 is 6.03 Å². The fourth-order valence-corrected chi connectivity index (χ4v) is 2.74. The molecule has 132 valence electrons. The number of halogens is 1. The molecule has 0 radical (unpaired) electrons. The van der Waals surface area contributed by atoms with Gasteiger partial charge in [0.15, 0.2) is 0 Å². The first-order chi connectivity index (χ1) is 11.8. The zero-order valence-corrected chi connectivity index (χ0v) is 16.2. The van der Waals surface area contributed by atoms with Crippen molar-refractivity contribution in [1.82, 2.24) is 10.2 Å². The van der Waals surface area contributed by atoms with E-state index in [1.54, 1.807) is 0 Å². The van der Waals surface area contributed by atoms with Crippen LogP contribution in [0.25, 0.3) is 0 Å². The Balaban J connectivity index is 1.82. The van der Waals surface area contributed by atoms with E-state index in [0.29, 0.717) is 12.2 Å². The maximum Gasteiger partial charge on any atom is 0.325 e. The van der Waals surface area contributed by atoms with Crippen LogP contribution in [0.1, 0.15) is 16.7 Å². The predicted molar refractivity (Wildman–Crippen MR) is 104 cm³/mol. The molecule has 0 aliphatic carbocycles. The van der Waals surface area contributed by atoms with Gasteiger partial charge in [-0.1, -0.05) is 45.8 Å². The second kappa shape index (κ2) is 8.78. The Morgan fingerprint density at radius 3 is 2.40 bits per heavy atom. The molecule has 25 heavy (non-hydrogen) atoms. The van der Waals surface area contributed by atoms with E-state index in [0.717, 1.165) is 21.2 Å². The van der Waals surface area contributed by atoms with Crippen LogP contribution in [0.4, 0.5) is 10.5 Å². The molecule has 0 fully saturated rings. The van der Waals surface area contributed by atoms with Crippen LogP contribution >= 0.6 is 15.9 Å². The van der Waals surface area contributed by atoms with Crippen molar-refractivity contribution in [2.45, 2.75) is 20.4 Å². The number of imide groups is 1. The summed E-state index contributed by atoms with van der Waals surface area (Å²) in [6, 6.07) is 13.1. The molecule has 0 atom stereocenters. The van der Waals surface area contributed by atoms with Gasteiger partial charge in [0.05, 0.1) is 6.54 Å². The number of nitrogens with zero attached hydrogens (tertiary/aromatic N) is 1. The topological polar surface area (TPSA) is 61.4 Å². The molecule has 0 heterocycles. The average molecular weight is 404 g/mol. The van der Waals surface area contributed by atoms with Gasteiger partial charge in [-0.05, 0) is 50.2 Å².